The van der Waals surface area contributed by atoms with Crippen molar-refractivity contribution in [2.45, 2.75) is 26.6 Å². The van der Waals surface area contributed by atoms with E-state index < -0.39 is 12.0 Å². The van der Waals surface area contributed by atoms with Crippen LogP contribution in [0.2, 0.25) is 0 Å². The van der Waals surface area contributed by atoms with E-state index in [1.165, 1.54) is 18.2 Å². The highest BCUT2D eigenvalue weighted by Gasteiger charge is 2.34. The number of pyridine rings is 1. The third-order valence-electron chi connectivity index (χ3n) is 3.95. The molecule has 0 aliphatic rings. The summed E-state index contributed by atoms with van der Waals surface area (Å²) >= 11 is 0. The van der Waals surface area contributed by atoms with Crippen LogP contribution in [-0.2, 0) is 12.7 Å². The van der Waals surface area contributed by atoms with Crippen LogP contribution in [0.4, 0.5) is 13.2 Å². The van der Waals surface area contributed by atoms with Crippen LogP contribution in [0.25, 0.3) is 11.0 Å². The lowest BCUT2D eigenvalue weighted by atomic mass is 10.1. The Morgan fingerprint density at radius 1 is 1.22 bits per heavy atom. The number of alkyl halides is 3. The number of aromatic nitrogens is 3. The Morgan fingerprint density at radius 2 is 2.00 bits per heavy atom. The molecule has 0 fully saturated rings. The second-order valence-corrected chi connectivity index (χ2v) is 6.72. The number of aromatic amines is 1. The molecule has 1 amide bonds. The molecule has 2 heterocycles. The van der Waals surface area contributed by atoms with Crippen LogP contribution in [0.3, 0.4) is 0 Å². The predicted molar refractivity (Wildman–Crippen MR) is 94.9 cm³/mol. The molecule has 5 nitrogen and oxygen atoms in total. The summed E-state index contributed by atoms with van der Waals surface area (Å²) < 4.78 is 38.5. The molecule has 27 heavy (non-hydrogen) atoms. The second-order valence-electron chi connectivity index (χ2n) is 6.72. The van der Waals surface area contributed by atoms with Crippen LogP contribution >= 0.6 is 0 Å². The van der Waals surface area contributed by atoms with Gasteiger partial charge in [0.1, 0.15) is 0 Å². The Labute approximate surface area is 154 Å². The molecule has 0 atom stereocenters. The number of hydrogen-bond donors (Lipinski definition) is 1. The molecule has 1 aromatic carbocycles. The molecule has 0 radical (unpaired) electrons. The van der Waals surface area contributed by atoms with Gasteiger partial charge in [-0.3, -0.25) is 9.78 Å². The number of carbonyl (C=O) groups is 1. The van der Waals surface area contributed by atoms with Crippen LogP contribution in [0.1, 0.15) is 35.7 Å². The van der Waals surface area contributed by atoms with Gasteiger partial charge >= 0.3 is 6.18 Å². The van der Waals surface area contributed by atoms with E-state index in [9.17, 15) is 18.0 Å². The summed E-state index contributed by atoms with van der Waals surface area (Å²) in [6, 6.07) is 9.79. The van der Waals surface area contributed by atoms with Crippen molar-refractivity contribution in [2.75, 3.05) is 6.54 Å². The smallest absolute Gasteiger partial charge is 0.334 e. The van der Waals surface area contributed by atoms with E-state index in [4.69, 9.17) is 0 Å². The third-order valence-corrected chi connectivity index (χ3v) is 3.95. The Hall–Kier alpha value is -2.90. The van der Waals surface area contributed by atoms with Gasteiger partial charge in [-0.05, 0) is 36.2 Å². The van der Waals surface area contributed by atoms with Gasteiger partial charge in [0.2, 0.25) is 5.82 Å². The molecule has 0 aliphatic carbocycles. The van der Waals surface area contributed by atoms with E-state index >= 15 is 0 Å². The number of amides is 1. The van der Waals surface area contributed by atoms with E-state index in [0.29, 0.717) is 18.7 Å². The lowest BCUT2D eigenvalue weighted by Gasteiger charge is -2.24. The molecule has 0 saturated heterocycles. The van der Waals surface area contributed by atoms with Crippen molar-refractivity contribution in [1.82, 2.24) is 19.9 Å². The highest BCUT2D eigenvalue weighted by molar-refractivity contribution is 5.97. The van der Waals surface area contributed by atoms with Gasteiger partial charge < -0.3 is 9.88 Å². The van der Waals surface area contributed by atoms with Crippen molar-refractivity contribution in [2.24, 2.45) is 5.92 Å². The number of hydrogen-bond acceptors (Lipinski definition) is 3. The Kier molecular flexibility index (Phi) is 5.16. The zero-order valence-electron chi connectivity index (χ0n) is 14.9. The predicted octanol–water partition coefficient (Wildman–Crippen LogP) is 4.28. The van der Waals surface area contributed by atoms with Gasteiger partial charge in [0.05, 0.1) is 23.3 Å². The molecule has 0 bridgehead atoms. The van der Waals surface area contributed by atoms with Crippen LogP contribution in [-0.4, -0.2) is 32.3 Å². The molecule has 0 unspecified atom stereocenters. The van der Waals surface area contributed by atoms with Gasteiger partial charge in [-0.15, -0.1) is 0 Å². The maximum atomic E-state index is 13.0. The van der Waals surface area contributed by atoms with Crippen molar-refractivity contribution in [3.8, 4) is 0 Å². The van der Waals surface area contributed by atoms with Gasteiger partial charge in [0, 0.05) is 18.3 Å². The van der Waals surface area contributed by atoms with Crippen molar-refractivity contribution in [3.05, 3.63) is 59.7 Å². The Bertz CT molecular complexity index is 935. The fourth-order valence-electron chi connectivity index (χ4n) is 2.81. The molecule has 8 heteroatoms. The number of fused-ring (bicyclic) bond motifs is 1. The van der Waals surface area contributed by atoms with Crippen LogP contribution < -0.4 is 0 Å². The molecule has 3 aromatic rings. The summed E-state index contributed by atoms with van der Waals surface area (Å²) in [4.78, 5) is 24.6. The fraction of sp³-hybridized carbons (Fsp3) is 0.316. The highest BCUT2D eigenvalue weighted by atomic mass is 19.4. The number of carbonyl (C=O) groups excluding carboxylic acids is 1. The molecule has 0 aliphatic heterocycles. The second kappa shape index (κ2) is 7.38. The number of rotatable bonds is 5. The molecule has 0 spiro atoms. The quantitative estimate of drug-likeness (QED) is 0.723. The minimum Gasteiger partial charge on any atom is -0.334 e. The molecule has 3 rings (SSSR count). The van der Waals surface area contributed by atoms with Gasteiger partial charge in [-0.25, -0.2) is 4.98 Å². The molecule has 142 valence electrons. The SMILES string of the molecule is CC(C)CN(Cc1ccccn1)C(=O)c1ccc2nc(C(F)(F)F)[nH]c2c1. The van der Waals surface area contributed by atoms with E-state index in [-0.39, 0.29) is 22.9 Å². The number of H-pyrrole nitrogens is 1. The number of halogens is 3. The topological polar surface area (TPSA) is 61.9 Å². The molecule has 2 aromatic heterocycles. The van der Waals surface area contributed by atoms with Crippen LogP contribution in [0.5, 0.6) is 0 Å². The first-order valence-corrected chi connectivity index (χ1v) is 8.50. The zero-order valence-corrected chi connectivity index (χ0v) is 14.9. The fourth-order valence-corrected chi connectivity index (χ4v) is 2.81. The number of imidazole rings is 1. The van der Waals surface area contributed by atoms with Crippen molar-refractivity contribution >= 4 is 16.9 Å². The third kappa shape index (κ3) is 4.45. The van der Waals surface area contributed by atoms with Crippen molar-refractivity contribution in [1.29, 1.82) is 0 Å². The van der Waals surface area contributed by atoms with Crippen molar-refractivity contribution in [3.63, 3.8) is 0 Å². The largest absolute Gasteiger partial charge is 0.449 e. The lowest BCUT2D eigenvalue weighted by molar-refractivity contribution is -0.144. The first-order chi connectivity index (χ1) is 12.7. The molecular formula is C19H19F3N4O. The first kappa shape index (κ1) is 18.9. The Balaban J connectivity index is 1.90. The summed E-state index contributed by atoms with van der Waals surface area (Å²) in [6.07, 6.45) is -2.91. The molecule has 0 saturated carbocycles. The summed E-state index contributed by atoms with van der Waals surface area (Å²) in [5, 5.41) is 0. The maximum Gasteiger partial charge on any atom is 0.449 e. The van der Waals surface area contributed by atoms with E-state index in [2.05, 4.69) is 15.0 Å². The minimum absolute atomic E-state index is 0.166. The summed E-state index contributed by atoms with van der Waals surface area (Å²) in [5.74, 6) is -1.11. The molecular weight excluding hydrogens is 357 g/mol. The lowest BCUT2D eigenvalue weighted by Crippen LogP contribution is -2.34. The summed E-state index contributed by atoms with van der Waals surface area (Å²) in [6.45, 7) is 4.82. The normalized spacial score (nSPS) is 11.9. The van der Waals surface area contributed by atoms with Crippen LogP contribution in [0, 0.1) is 5.92 Å². The Morgan fingerprint density at radius 3 is 2.63 bits per heavy atom. The van der Waals surface area contributed by atoms with E-state index in [1.54, 1.807) is 17.2 Å². The van der Waals surface area contributed by atoms with Gasteiger partial charge in [-0.2, -0.15) is 13.2 Å². The summed E-state index contributed by atoms with van der Waals surface area (Å²) in [5.41, 5.74) is 1.39. The standard InChI is InChI=1S/C19H19F3N4O/c1-12(2)10-26(11-14-5-3-4-8-23-14)17(27)13-6-7-15-16(9-13)25-18(24-15)19(20,21)22/h3-9,12H,10-11H2,1-2H3,(H,24,25). The highest BCUT2D eigenvalue weighted by Crippen LogP contribution is 2.29. The average Bonchev–Trinajstić information content (AvgIpc) is 3.04. The number of nitrogens with zero attached hydrogens (tertiary/aromatic N) is 3. The van der Waals surface area contributed by atoms with Gasteiger partial charge in [0.25, 0.3) is 5.91 Å². The van der Waals surface area contributed by atoms with E-state index in [1.807, 2.05) is 26.0 Å². The van der Waals surface area contributed by atoms with Gasteiger partial charge in [-0.1, -0.05) is 19.9 Å². The first-order valence-electron chi connectivity index (χ1n) is 8.50. The van der Waals surface area contributed by atoms with Crippen molar-refractivity contribution < 1.29 is 18.0 Å². The molecule has 1 N–H and O–H groups in total. The minimum atomic E-state index is -4.56. The summed E-state index contributed by atoms with van der Waals surface area (Å²) in [7, 11) is 0. The number of benzene rings is 1. The average molecular weight is 376 g/mol. The van der Waals surface area contributed by atoms with Crippen LogP contribution in [0.15, 0.2) is 42.6 Å². The monoisotopic (exact) mass is 376 g/mol. The number of nitrogens with one attached hydrogen (secondary N) is 1. The van der Waals surface area contributed by atoms with E-state index in [0.717, 1.165) is 5.69 Å². The maximum absolute atomic E-state index is 13.0. The zero-order chi connectivity index (χ0) is 19.6. The van der Waals surface area contributed by atoms with Gasteiger partial charge in [0.15, 0.2) is 0 Å².